The quantitative estimate of drug-likeness (QED) is 0.772. The van der Waals surface area contributed by atoms with Crippen LogP contribution in [0.15, 0.2) is 24.3 Å². The van der Waals surface area contributed by atoms with Gasteiger partial charge < -0.3 is 5.32 Å². The van der Waals surface area contributed by atoms with Crippen molar-refractivity contribution in [3.05, 3.63) is 35.4 Å². The number of carbonyl (C=O) groups is 1. The first kappa shape index (κ1) is 16.1. The number of aryl methyl sites for hydroxylation is 2. The number of nitrogens with one attached hydrogen (secondary N) is 1. The van der Waals surface area contributed by atoms with E-state index < -0.39 is 0 Å². The highest BCUT2D eigenvalue weighted by Crippen LogP contribution is 2.23. The van der Waals surface area contributed by atoms with Crippen LogP contribution >= 0.6 is 0 Å². The van der Waals surface area contributed by atoms with Gasteiger partial charge in [-0.3, -0.25) is 4.79 Å². The van der Waals surface area contributed by atoms with Crippen molar-refractivity contribution in [2.75, 3.05) is 0 Å². The molecule has 1 aromatic carbocycles. The van der Waals surface area contributed by atoms with Gasteiger partial charge in [-0.05, 0) is 63.4 Å². The van der Waals surface area contributed by atoms with Gasteiger partial charge in [-0.15, -0.1) is 0 Å². The van der Waals surface area contributed by atoms with Gasteiger partial charge in [0.2, 0.25) is 5.91 Å². The van der Waals surface area contributed by atoms with Crippen LogP contribution in [0.3, 0.4) is 0 Å². The molecule has 0 saturated heterocycles. The average molecular weight is 287 g/mol. The summed E-state index contributed by atoms with van der Waals surface area (Å²) in [4.78, 5) is 11.9. The molecule has 0 aromatic heterocycles. The Hall–Kier alpha value is -1.31. The Balaban J connectivity index is 1.58. The van der Waals surface area contributed by atoms with E-state index in [0.717, 1.165) is 38.0 Å². The summed E-state index contributed by atoms with van der Waals surface area (Å²) in [5, 5.41) is 3.21. The molecule has 2 heteroatoms. The third-order valence-corrected chi connectivity index (χ3v) is 4.62. The van der Waals surface area contributed by atoms with E-state index in [1.807, 2.05) is 0 Å². The van der Waals surface area contributed by atoms with Crippen LogP contribution in [0.2, 0.25) is 0 Å². The molecule has 2 rings (SSSR count). The molecule has 1 aliphatic carbocycles. The van der Waals surface area contributed by atoms with Crippen LogP contribution in [0.5, 0.6) is 0 Å². The minimum absolute atomic E-state index is 0.249. The molecule has 0 atom stereocenters. The zero-order valence-corrected chi connectivity index (χ0v) is 13.5. The maximum absolute atomic E-state index is 11.9. The molecular formula is C19H29NO. The minimum atomic E-state index is 0.249. The van der Waals surface area contributed by atoms with Crippen molar-refractivity contribution >= 4 is 5.91 Å². The molecule has 0 spiro atoms. The molecule has 0 bridgehead atoms. The molecule has 1 aliphatic rings. The lowest BCUT2D eigenvalue weighted by Crippen LogP contribution is -2.37. The van der Waals surface area contributed by atoms with Crippen molar-refractivity contribution in [1.29, 1.82) is 0 Å². The summed E-state index contributed by atoms with van der Waals surface area (Å²) in [6, 6.07) is 9.14. The topological polar surface area (TPSA) is 29.1 Å². The van der Waals surface area contributed by atoms with Gasteiger partial charge in [-0.25, -0.2) is 0 Å². The Labute approximate surface area is 129 Å². The van der Waals surface area contributed by atoms with Gasteiger partial charge in [-0.2, -0.15) is 0 Å². The second-order valence-corrected chi connectivity index (χ2v) is 6.72. The number of unbranched alkanes of at least 4 members (excludes halogenated alkanes) is 1. The third kappa shape index (κ3) is 5.91. The molecule has 21 heavy (non-hydrogen) atoms. The van der Waals surface area contributed by atoms with Crippen LogP contribution < -0.4 is 5.32 Å². The predicted octanol–water partition coefficient (Wildman–Crippen LogP) is 4.40. The summed E-state index contributed by atoms with van der Waals surface area (Å²) in [7, 11) is 0. The Morgan fingerprint density at radius 1 is 1.10 bits per heavy atom. The first-order valence-electron chi connectivity index (χ1n) is 8.48. The van der Waals surface area contributed by atoms with Crippen LogP contribution in [0, 0.1) is 12.8 Å². The molecule has 0 heterocycles. The van der Waals surface area contributed by atoms with Crippen molar-refractivity contribution < 1.29 is 4.79 Å². The molecule has 1 saturated carbocycles. The highest BCUT2D eigenvalue weighted by molar-refractivity contribution is 5.76. The van der Waals surface area contributed by atoms with Crippen LogP contribution in [0.4, 0.5) is 0 Å². The van der Waals surface area contributed by atoms with Gasteiger partial charge >= 0.3 is 0 Å². The van der Waals surface area contributed by atoms with E-state index in [4.69, 9.17) is 0 Å². The van der Waals surface area contributed by atoms with Crippen LogP contribution in [0.25, 0.3) is 0 Å². The van der Waals surface area contributed by atoms with Gasteiger partial charge in [-0.1, -0.05) is 36.8 Å². The summed E-state index contributed by atoms with van der Waals surface area (Å²) in [5.74, 6) is 1.09. The van der Waals surface area contributed by atoms with Crippen LogP contribution in [0.1, 0.15) is 63.0 Å². The number of amides is 1. The van der Waals surface area contributed by atoms with Gasteiger partial charge in [0.05, 0.1) is 0 Å². The maximum atomic E-state index is 11.9. The zero-order valence-electron chi connectivity index (χ0n) is 13.5. The van der Waals surface area contributed by atoms with Crippen LogP contribution in [-0.4, -0.2) is 11.9 Å². The minimum Gasteiger partial charge on any atom is -0.353 e. The van der Waals surface area contributed by atoms with Crippen LogP contribution in [-0.2, 0) is 11.2 Å². The standard InChI is InChI=1S/C19H29NO/c1-15-7-11-17(12-8-15)5-3-4-6-19(21)20-18-13-9-16(2)10-14-18/h7-8,11-12,16,18H,3-6,9-10,13-14H2,1-2H3,(H,20,21). The first-order chi connectivity index (χ1) is 10.1. The molecule has 116 valence electrons. The Bertz CT molecular complexity index is 429. The molecule has 0 unspecified atom stereocenters. The highest BCUT2D eigenvalue weighted by atomic mass is 16.1. The van der Waals surface area contributed by atoms with E-state index in [0.29, 0.717) is 12.5 Å². The average Bonchev–Trinajstić information content (AvgIpc) is 2.48. The fourth-order valence-corrected chi connectivity index (χ4v) is 3.07. The number of benzene rings is 1. The molecule has 1 amide bonds. The molecular weight excluding hydrogens is 258 g/mol. The van der Waals surface area contributed by atoms with Crippen molar-refractivity contribution in [2.24, 2.45) is 5.92 Å². The summed E-state index contributed by atoms with van der Waals surface area (Å²) in [6.45, 7) is 4.42. The molecule has 0 radical (unpaired) electrons. The van der Waals surface area contributed by atoms with Gasteiger partial charge in [0.15, 0.2) is 0 Å². The SMILES string of the molecule is Cc1ccc(CCCCC(=O)NC2CCC(C)CC2)cc1. The number of carbonyl (C=O) groups excluding carboxylic acids is 1. The summed E-state index contributed by atoms with van der Waals surface area (Å²) < 4.78 is 0. The fraction of sp³-hybridized carbons (Fsp3) is 0.632. The van der Waals surface area contributed by atoms with Gasteiger partial charge in [0, 0.05) is 12.5 Å². The molecule has 2 nitrogen and oxygen atoms in total. The summed E-state index contributed by atoms with van der Waals surface area (Å²) in [5.41, 5.74) is 2.68. The van der Waals surface area contributed by atoms with Crippen molar-refractivity contribution in [3.63, 3.8) is 0 Å². The lowest BCUT2D eigenvalue weighted by molar-refractivity contribution is -0.122. The van der Waals surface area contributed by atoms with Crippen molar-refractivity contribution in [1.82, 2.24) is 5.32 Å². The van der Waals surface area contributed by atoms with E-state index in [1.165, 1.54) is 24.0 Å². The van der Waals surface area contributed by atoms with Crippen molar-refractivity contribution in [3.8, 4) is 0 Å². The second-order valence-electron chi connectivity index (χ2n) is 6.72. The first-order valence-corrected chi connectivity index (χ1v) is 8.48. The van der Waals surface area contributed by atoms with Gasteiger partial charge in [0.25, 0.3) is 0 Å². The Morgan fingerprint density at radius 3 is 2.43 bits per heavy atom. The van der Waals surface area contributed by atoms with E-state index in [1.54, 1.807) is 0 Å². The summed E-state index contributed by atoms with van der Waals surface area (Å²) in [6.07, 6.45) is 8.69. The Kier molecular flexibility index (Phi) is 6.28. The normalized spacial score (nSPS) is 22.0. The Morgan fingerprint density at radius 2 is 1.76 bits per heavy atom. The number of hydrogen-bond acceptors (Lipinski definition) is 1. The monoisotopic (exact) mass is 287 g/mol. The van der Waals surface area contributed by atoms with Gasteiger partial charge in [0.1, 0.15) is 0 Å². The second kappa shape index (κ2) is 8.21. The molecule has 1 N–H and O–H groups in total. The van der Waals surface area contributed by atoms with E-state index >= 15 is 0 Å². The molecule has 1 fully saturated rings. The smallest absolute Gasteiger partial charge is 0.220 e. The maximum Gasteiger partial charge on any atom is 0.220 e. The number of rotatable bonds is 6. The zero-order chi connectivity index (χ0) is 15.1. The molecule has 1 aromatic rings. The predicted molar refractivity (Wildman–Crippen MR) is 88.3 cm³/mol. The molecule has 0 aliphatic heterocycles. The highest BCUT2D eigenvalue weighted by Gasteiger charge is 2.19. The van der Waals surface area contributed by atoms with Crippen molar-refractivity contribution in [2.45, 2.75) is 71.3 Å². The lowest BCUT2D eigenvalue weighted by atomic mass is 9.87. The van der Waals surface area contributed by atoms with E-state index in [2.05, 4.69) is 43.4 Å². The largest absolute Gasteiger partial charge is 0.353 e. The van der Waals surface area contributed by atoms with E-state index in [9.17, 15) is 4.79 Å². The summed E-state index contributed by atoms with van der Waals surface area (Å²) >= 11 is 0. The fourth-order valence-electron chi connectivity index (χ4n) is 3.07. The van der Waals surface area contributed by atoms with E-state index in [-0.39, 0.29) is 5.91 Å². The number of hydrogen-bond donors (Lipinski definition) is 1. The lowest BCUT2D eigenvalue weighted by Gasteiger charge is -2.26. The third-order valence-electron chi connectivity index (χ3n) is 4.62.